The van der Waals surface area contributed by atoms with Crippen molar-refractivity contribution < 1.29 is 31.5 Å². The van der Waals surface area contributed by atoms with Crippen molar-refractivity contribution in [3.63, 3.8) is 0 Å². The van der Waals surface area contributed by atoms with Gasteiger partial charge in [-0.25, -0.2) is 9.97 Å². The summed E-state index contributed by atoms with van der Waals surface area (Å²) in [4.78, 5) is 18.6. The van der Waals surface area contributed by atoms with Gasteiger partial charge in [-0.05, 0) is 36.8 Å². The maximum Gasteiger partial charge on any atom is 0.418 e. The molecule has 3 aromatic rings. The van der Waals surface area contributed by atoms with Crippen LogP contribution in [0.2, 0.25) is 0 Å². The van der Waals surface area contributed by atoms with E-state index >= 15 is 0 Å². The molecular weight excluding hydrogens is 479 g/mol. The molecule has 12 heteroatoms. The predicted molar refractivity (Wildman–Crippen MR) is 117 cm³/mol. The number of aliphatic carboxylic acids is 1. The highest BCUT2D eigenvalue weighted by atomic mass is 32.2. The zero-order valence-electron chi connectivity index (χ0n) is 17.1. The molecule has 0 atom stereocenters. The van der Waals surface area contributed by atoms with Crippen LogP contribution in [0, 0.1) is 6.92 Å². The summed E-state index contributed by atoms with van der Waals surface area (Å²) < 4.78 is 68.5. The first-order chi connectivity index (χ1) is 15.5. The molecule has 0 saturated heterocycles. The summed E-state index contributed by atoms with van der Waals surface area (Å²) >= 11 is 1.07. The van der Waals surface area contributed by atoms with Crippen LogP contribution in [0.3, 0.4) is 0 Å². The van der Waals surface area contributed by atoms with Crippen LogP contribution in [0.4, 0.5) is 19.0 Å². The second kappa shape index (κ2) is 9.79. The van der Waals surface area contributed by atoms with E-state index in [9.17, 15) is 26.4 Å². The topological polar surface area (TPSA) is 109 Å². The smallest absolute Gasteiger partial charge is 0.418 e. The number of halogens is 3. The van der Waals surface area contributed by atoms with Crippen molar-refractivity contribution in [3.8, 4) is 11.3 Å². The first-order valence-corrected chi connectivity index (χ1v) is 11.9. The van der Waals surface area contributed by atoms with Crippen LogP contribution < -0.4 is 4.72 Å². The first-order valence-electron chi connectivity index (χ1n) is 9.46. The van der Waals surface area contributed by atoms with Crippen molar-refractivity contribution in [2.45, 2.75) is 29.6 Å². The summed E-state index contributed by atoms with van der Waals surface area (Å²) in [6.07, 6.45) is -4.82. The molecule has 2 N–H and O–H groups in total. The lowest BCUT2D eigenvalue weighted by Gasteiger charge is -2.16. The Morgan fingerprint density at radius 2 is 1.79 bits per heavy atom. The van der Waals surface area contributed by atoms with E-state index in [2.05, 4.69) is 14.7 Å². The second-order valence-electron chi connectivity index (χ2n) is 6.82. The third-order valence-electron chi connectivity index (χ3n) is 4.38. The highest BCUT2D eigenvalue weighted by Gasteiger charge is 2.35. The number of sulfonamides is 1. The van der Waals surface area contributed by atoms with Crippen molar-refractivity contribution in [1.29, 1.82) is 0 Å². The normalized spacial score (nSPS) is 11.9. The number of anilines is 1. The zero-order valence-corrected chi connectivity index (χ0v) is 18.8. The Kier molecular flexibility index (Phi) is 7.28. The van der Waals surface area contributed by atoms with Gasteiger partial charge >= 0.3 is 12.1 Å². The van der Waals surface area contributed by atoms with Crippen molar-refractivity contribution >= 4 is 33.6 Å². The minimum atomic E-state index is -4.69. The van der Waals surface area contributed by atoms with Gasteiger partial charge in [0.15, 0.2) is 5.03 Å². The maximum absolute atomic E-state index is 13.6. The maximum atomic E-state index is 13.6. The molecule has 0 aliphatic carbocycles. The Morgan fingerprint density at radius 1 is 1.06 bits per heavy atom. The number of nitrogens with zero attached hydrogens (tertiary/aromatic N) is 2. The van der Waals surface area contributed by atoms with Gasteiger partial charge in [0, 0.05) is 11.3 Å². The third-order valence-corrected chi connectivity index (χ3v) is 6.57. The first kappa shape index (κ1) is 24.5. The average Bonchev–Trinajstić information content (AvgIpc) is 2.73. The second-order valence-corrected chi connectivity index (χ2v) is 9.56. The van der Waals surface area contributed by atoms with Crippen molar-refractivity contribution in [3.05, 3.63) is 65.7 Å². The lowest BCUT2D eigenvalue weighted by atomic mass is 10.0. The number of pyridine rings is 2. The van der Waals surface area contributed by atoms with E-state index in [-0.39, 0.29) is 28.6 Å². The van der Waals surface area contributed by atoms with Crippen molar-refractivity contribution in [1.82, 2.24) is 9.97 Å². The number of alkyl halides is 3. The van der Waals surface area contributed by atoms with Gasteiger partial charge < -0.3 is 5.11 Å². The number of aromatic nitrogens is 2. The molecule has 2 aromatic heterocycles. The molecular formula is C21H18F3N3O4S2. The fourth-order valence-electron chi connectivity index (χ4n) is 2.85. The Labute approximate surface area is 192 Å². The summed E-state index contributed by atoms with van der Waals surface area (Å²) in [6, 6.07) is 12.2. The van der Waals surface area contributed by atoms with E-state index in [1.54, 1.807) is 25.1 Å². The summed E-state index contributed by atoms with van der Waals surface area (Å²) in [6.45, 7) is 1.63. The Morgan fingerprint density at radius 3 is 2.45 bits per heavy atom. The third kappa shape index (κ3) is 6.23. The number of benzene rings is 1. The minimum Gasteiger partial charge on any atom is -0.481 e. The number of thioether (sulfide) groups is 1. The van der Waals surface area contributed by atoms with Gasteiger partial charge in [0.05, 0.1) is 22.7 Å². The van der Waals surface area contributed by atoms with Crippen LogP contribution in [0.25, 0.3) is 11.3 Å². The number of carbonyl (C=O) groups is 1. The van der Waals surface area contributed by atoms with Gasteiger partial charge in [0.25, 0.3) is 10.0 Å². The summed E-state index contributed by atoms with van der Waals surface area (Å²) in [7, 11) is -4.27. The highest BCUT2D eigenvalue weighted by Crippen LogP contribution is 2.38. The van der Waals surface area contributed by atoms with Crippen LogP contribution in [-0.4, -0.2) is 35.2 Å². The molecule has 7 nitrogen and oxygen atoms in total. The lowest BCUT2D eigenvalue weighted by molar-refractivity contribution is -0.137. The molecule has 0 amide bonds. The molecule has 0 bridgehead atoms. The van der Waals surface area contributed by atoms with Crippen LogP contribution in [-0.2, 0) is 21.0 Å². The number of hydrogen-bond acceptors (Lipinski definition) is 6. The van der Waals surface area contributed by atoms with Gasteiger partial charge in [-0.3, -0.25) is 9.52 Å². The molecule has 0 aliphatic heterocycles. The number of carboxylic acids is 1. The number of nitrogens with one attached hydrogen (secondary N) is 1. The quantitative estimate of drug-likeness (QED) is 0.429. The summed E-state index contributed by atoms with van der Waals surface area (Å²) in [5, 5.41) is 8.63. The predicted octanol–water partition coefficient (Wildman–Crippen LogP) is 4.84. The lowest BCUT2D eigenvalue weighted by Crippen LogP contribution is -2.17. The minimum absolute atomic E-state index is 0.126. The Bertz CT molecular complexity index is 1280. The van der Waals surface area contributed by atoms with Gasteiger partial charge in [-0.15, -0.1) is 11.8 Å². The standard InChI is InChI=1S/C21H18F3N3O4S2/c1-13-5-2-3-6-14(13)20-15(21(22,23)24)9-10-16(25-20)27-33(30,31)18-8-4-7-17(26-18)32-12-11-19(28)29/h2-10H,11-12H2,1H3,(H,25,27)(H,28,29). The van der Waals surface area contributed by atoms with E-state index in [0.29, 0.717) is 10.6 Å². The number of hydrogen-bond donors (Lipinski definition) is 2. The van der Waals surface area contributed by atoms with E-state index in [1.165, 1.54) is 24.3 Å². The fourth-order valence-corrected chi connectivity index (χ4v) is 4.70. The molecule has 0 aliphatic rings. The van der Waals surface area contributed by atoms with Gasteiger partial charge in [-0.1, -0.05) is 30.3 Å². The van der Waals surface area contributed by atoms with Gasteiger partial charge in [0.2, 0.25) is 0 Å². The largest absolute Gasteiger partial charge is 0.481 e. The van der Waals surface area contributed by atoms with E-state index in [4.69, 9.17) is 5.11 Å². The summed E-state index contributed by atoms with van der Waals surface area (Å²) in [5.41, 5.74) is -0.620. The molecule has 33 heavy (non-hydrogen) atoms. The number of aryl methyl sites for hydroxylation is 1. The monoisotopic (exact) mass is 497 g/mol. The molecule has 0 spiro atoms. The SMILES string of the molecule is Cc1ccccc1-c1nc(NS(=O)(=O)c2cccc(SCCC(=O)O)n2)ccc1C(F)(F)F. The van der Waals surface area contributed by atoms with E-state index in [1.807, 2.05) is 0 Å². The molecule has 0 saturated carbocycles. The molecule has 1 aromatic carbocycles. The Balaban J connectivity index is 1.94. The zero-order chi connectivity index (χ0) is 24.2. The van der Waals surface area contributed by atoms with Crippen LogP contribution in [0.5, 0.6) is 0 Å². The molecule has 0 fully saturated rings. The molecule has 174 valence electrons. The number of rotatable bonds is 8. The molecule has 2 heterocycles. The molecule has 0 radical (unpaired) electrons. The fraction of sp³-hybridized carbons (Fsp3) is 0.190. The van der Waals surface area contributed by atoms with Crippen LogP contribution in [0.1, 0.15) is 17.5 Å². The Hall–Kier alpha value is -3.12. The van der Waals surface area contributed by atoms with Crippen LogP contribution >= 0.6 is 11.8 Å². The van der Waals surface area contributed by atoms with Gasteiger partial charge in [0.1, 0.15) is 5.82 Å². The summed E-state index contributed by atoms with van der Waals surface area (Å²) in [5.74, 6) is -1.10. The molecule has 3 rings (SSSR count). The average molecular weight is 498 g/mol. The van der Waals surface area contributed by atoms with Crippen molar-refractivity contribution in [2.24, 2.45) is 0 Å². The highest BCUT2D eigenvalue weighted by molar-refractivity contribution is 7.99. The van der Waals surface area contributed by atoms with Crippen molar-refractivity contribution in [2.75, 3.05) is 10.5 Å². The van der Waals surface area contributed by atoms with Gasteiger partial charge in [-0.2, -0.15) is 21.6 Å². The van der Waals surface area contributed by atoms with Crippen LogP contribution in [0.15, 0.2) is 64.6 Å². The molecule has 0 unspecified atom stereocenters. The van der Waals surface area contributed by atoms with E-state index < -0.39 is 33.4 Å². The van der Waals surface area contributed by atoms with E-state index in [0.717, 1.165) is 23.9 Å². The number of carboxylic acid groups (broad SMARTS) is 1.